The summed E-state index contributed by atoms with van der Waals surface area (Å²) in [6.07, 6.45) is 73.2. The van der Waals surface area contributed by atoms with Crippen molar-refractivity contribution >= 4 is 5.91 Å². The van der Waals surface area contributed by atoms with Gasteiger partial charge in [-0.25, -0.2) is 0 Å². The van der Waals surface area contributed by atoms with Gasteiger partial charge < -0.3 is 40.3 Å². The predicted molar refractivity (Wildman–Crippen MR) is 332 cm³/mol. The molecule has 1 fully saturated rings. The van der Waals surface area contributed by atoms with Crippen LogP contribution in [0.5, 0.6) is 0 Å². The first-order valence-electron chi connectivity index (χ1n) is 33.5. The summed E-state index contributed by atoms with van der Waals surface area (Å²) >= 11 is 0. The maximum atomic E-state index is 13.1. The molecule has 0 radical (unpaired) electrons. The highest BCUT2D eigenvalue weighted by molar-refractivity contribution is 5.76. The number of allylic oxidation sites excluding steroid dienone is 9. The topological polar surface area (TPSA) is 149 Å². The van der Waals surface area contributed by atoms with Crippen LogP contribution in [0.1, 0.15) is 316 Å². The Morgan fingerprint density at radius 1 is 0.436 bits per heavy atom. The average molecular weight is 1100 g/mol. The van der Waals surface area contributed by atoms with Crippen molar-refractivity contribution in [2.75, 3.05) is 13.2 Å². The fourth-order valence-electron chi connectivity index (χ4n) is 10.5. The Morgan fingerprint density at radius 2 is 0.769 bits per heavy atom. The lowest BCUT2D eigenvalue weighted by molar-refractivity contribution is -0.302. The van der Waals surface area contributed by atoms with Crippen LogP contribution in [-0.4, -0.2) is 87.5 Å². The van der Waals surface area contributed by atoms with E-state index in [0.29, 0.717) is 6.42 Å². The summed E-state index contributed by atoms with van der Waals surface area (Å²) in [4.78, 5) is 13.1. The van der Waals surface area contributed by atoms with Crippen LogP contribution in [0, 0.1) is 0 Å². The number of carbonyl (C=O) groups is 1. The van der Waals surface area contributed by atoms with E-state index in [1.165, 1.54) is 244 Å². The van der Waals surface area contributed by atoms with Gasteiger partial charge in [-0.1, -0.05) is 299 Å². The van der Waals surface area contributed by atoms with Gasteiger partial charge in [0.15, 0.2) is 6.29 Å². The van der Waals surface area contributed by atoms with Gasteiger partial charge in [-0.2, -0.15) is 0 Å². The van der Waals surface area contributed by atoms with E-state index >= 15 is 0 Å². The molecule has 1 rings (SSSR count). The summed E-state index contributed by atoms with van der Waals surface area (Å²) in [5.41, 5.74) is 0. The minimum absolute atomic E-state index is 0.189. The molecule has 7 atom stereocenters. The number of hydrogen-bond donors (Lipinski definition) is 6. The molecule has 0 aromatic carbocycles. The molecular formula is C69H127NO8. The molecule has 456 valence electrons. The Labute approximate surface area is 481 Å². The SMILES string of the molecule is CCCCCCC/C=C\C/C=C\C/C=C\CCCCCCCCCCCCC(=O)NC(COC1OC(CO)C(O)C(O)C1O)C(O)/C=C/CC/C=C/CCCCCCCCCCCCCCCCCCCCCCCCCC. The molecular weight excluding hydrogens is 971 g/mol. The number of rotatable bonds is 58. The molecule has 9 nitrogen and oxygen atoms in total. The van der Waals surface area contributed by atoms with Crippen LogP contribution < -0.4 is 5.32 Å². The van der Waals surface area contributed by atoms with Gasteiger partial charge in [0.05, 0.1) is 25.4 Å². The molecule has 0 aromatic heterocycles. The molecule has 1 saturated heterocycles. The standard InChI is InChI=1S/C69H127NO8/c1-3-5-7-9-11-13-15-17-19-21-23-25-27-29-30-31-32-33-35-36-38-40-42-44-46-48-50-52-54-56-58-63(72)62(61-77-69-68(76)67(75)66(74)64(60-71)78-69)70-65(73)59-57-55-53-51-49-47-45-43-41-39-37-34-28-26-24-22-20-18-16-14-12-10-8-6-4-2/h16,18,22,24,28,34,48,50,56,58,62-64,66-69,71-72,74-76H,3-15,17,19-21,23,25-27,29-33,35-47,49,51-55,57,59-61H2,1-2H3,(H,70,73)/b18-16-,24-22-,34-28-,50-48+,58-56+. The minimum atomic E-state index is -1.58. The average Bonchev–Trinajstić information content (AvgIpc) is 3.45. The maximum absolute atomic E-state index is 13.1. The minimum Gasteiger partial charge on any atom is -0.394 e. The number of amides is 1. The third-order valence-corrected chi connectivity index (χ3v) is 15.8. The number of aliphatic hydroxyl groups is 5. The van der Waals surface area contributed by atoms with Gasteiger partial charge in [0.2, 0.25) is 5.91 Å². The largest absolute Gasteiger partial charge is 0.394 e. The quantitative estimate of drug-likeness (QED) is 0.0261. The van der Waals surface area contributed by atoms with Crippen LogP contribution in [0.2, 0.25) is 0 Å². The summed E-state index contributed by atoms with van der Waals surface area (Å²) in [7, 11) is 0. The molecule has 0 aliphatic carbocycles. The molecule has 7 unspecified atom stereocenters. The second kappa shape index (κ2) is 58.1. The van der Waals surface area contributed by atoms with Crippen molar-refractivity contribution in [2.24, 2.45) is 0 Å². The highest BCUT2D eigenvalue weighted by atomic mass is 16.7. The molecule has 0 saturated carbocycles. The van der Waals surface area contributed by atoms with E-state index in [-0.39, 0.29) is 12.5 Å². The van der Waals surface area contributed by atoms with Gasteiger partial charge >= 0.3 is 0 Å². The van der Waals surface area contributed by atoms with Crippen molar-refractivity contribution in [3.8, 4) is 0 Å². The van der Waals surface area contributed by atoms with Gasteiger partial charge in [-0.05, 0) is 70.6 Å². The zero-order chi connectivity index (χ0) is 56.5. The first kappa shape index (κ1) is 73.9. The first-order chi connectivity index (χ1) is 38.3. The van der Waals surface area contributed by atoms with Gasteiger partial charge in [0.25, 0.3) is 0 Å². The molecule has 1 amide bonds. The van der Waals surface area contributed by atoms with E-state index < -0.39 is 49.5 Å². The highest BCUT2D eigenvalue weighted by Gasteiger charge is 2.44. The molecule has 0 bridgehead atoms. The molecule has 0 spiro atoms. The van der Waals surface area contributed by atoms with Gasteiger partial charge in [-0.3, -0.25) is 4.79 Å². The molecule has 1 aliphatic heterocycles. The predicted octanol–water partition coefficient (Wildman–Crippen LogP) is 17.8. The van der Waals surface area contributed by atoms with Crippen molar-refractivity contribution in [1.29, 1.82) is 0 Å². The Balaban J connectivity index is 2.18. The molecule has 6 N–H and O–H groups in total. The summed E-state index contributed by atoms with van der Waals surface area (Å²) in [6, 6.07) is -0.828. The van der Waals surface area contributed by atoms with E-state index in [9.17, 15) is 30.3 Å². The van der Waals surface area contributed by atoms with E-state index in [2.05, 4.69) is 67.8 Å². The van der Waals surface area contributed by atoms with Crippen LogP contribution in [-0.2, 0) is 14.3 Å². The number of hydrogen-bond acceptors (Lipinski definition) is 8. The van der Waals surface area contributed by atoms with Gasteiger partial charge in [0.1, 0.15) is 24.4 Å². The van der Waals surface area contributed by atoms with Crippen molar-refractivity contribution in [3.63, 3.8) is 0 Å². The van der Waals surface area contributed by atoms with Crippen molar-refractivity contribution in [2.45, 2.75) is 358 Å². The second-order valence-electron chi connectivity index (χ2n) is 23.3. The second-order valence-corrected chi connectivity index (χ2v) is 23.3. The number of unbranched alkanes of at least 4 members (excludes halogenated alkanes) is 40. The van der Waals surface area contributed by atoms with Crippen molar-refractivity contribution in [3.05, 3.63) is 60.8 Å². The number of carbonyl (C=O) groups excluding carboxylic acids is 1. The third kappa shape index (κ3) is 46.5. The van der Waals surface area contributed by atoms with E-state index in [1.807, 2.05) is 6.08 Å². The fraction of sp³-hybridized carbons (Fsp3) is 0.841. The summed E-state index contributed by atoms with van der Waals surface area (Å²) < 4.78 is 11.3. The smallest absolute Gasteiger partial charge is 0.220 e. The van der Waals surface area contributed by atoms with Gasteiger partial charge in [0, 0.05) is 6.42 Å². The van der Waals surface area contributed by atoms with Crippen LogP contribution >= 0.6 is 0 Å². The lowest BCUT2D eigenvalue weighted by atomic mass is 9.99. The van der Waals surface area contributed by atoms with Crippen molar-refractivity contribution in [1.82, 2.24) is 5.32 Å². The molecule has 1 heterocycles. The van der Waals surface area contributed by atoms with Crippen molar-refractivity contribution < 1.29 is 39.8 Å². The van der Waals surface area contributed by atoms with Crippen LogP contribution in [0.3, 0.4) is 0 Å². The highest BCUT2D eigenvalue weighted by Crippen LogP contribution is 2.23. The first-order valence-corrected chi connectivity index (χ1v) is 33.5. The number of ether oxygens (including phenoxy) is 2. The maximum Gasteiger partial charge on any atom is 0.220 e. The Kier molecular flexibility index (Phi) is 55.0. The number of nitrogens with one attached hydrogen (secondary N) is 1. The molecule has 9 heteroatoms. The molecule has 0 aromatic rings. The summed E-state index contributed by atoms with van der Waals surface area (Å²) in [5.74, 6) is -0.189. The summed E-state index contributed by atoms with van der Waals surface area (Å²) in [5, 5.41) is 54.7. The van der Waals surface area contributed by atoms with E-state index in [1.54, 1.807) is 6.08 Å². The third-order valence-electron chi connectivity index (χ3n) is 15.8. The Hall–Kier alpha value is -2.11. The van der Waals surface area contributed by atoms with Crippen LogP contribution in [0.25, 0.3) is 0 Å². The zero-order valence-electron chi connectivity index (χ0n) is 50.9. The Morgan fingerprint density at radius 3 is 1.17 bits per heavy atom. The number of aliphatic hydroxyl groups excluding tert-OH is 5. The lowest BCUT2D eigenvalue weighted by Crippen LogP contribution is -2.60. The van der Waals surface area contributed by atoms with E-state index in [0.717, 1.165) is 51.4 Å². The summed E-state index contributed by atoms with van der Waals surface area (Å²) in [6.45, 7) is 3.79. The van der Waals surface area contributed by atoms with Crippen LogP contribution in [0.15, 0.2) is 60.8 Å². The fourth-order valence-corrected chi connectivity index (χ4v) is 10.5. The zero-order valence-corrected chi connectivity index (χ0v) is 50.9. The van der Waals surface area contributed by atoms with Crippen LogP contribution in [0.4, 0.5) is 0 Å². The lowest BCUT2D eigenvalue weighted by Gasteiger charge is -2.40. The monoisotopic (exact) mass is 1100 g/mol. The van der Waals surface area contributed by atoms with Gasteiger partial charge in [-0.15, -0.1) is 0 Å². The molecule has 1 aliphatic rings. The van der Waals surface area contributed by atoms with E-state index in [4.69, 9.17) is 9.47 Å². The normalized spacial score (nSPS) is 19.0. The molecule has 78 heavy (non-hydrogen) atoms. The Bertz CT molecular complexity index is 1410.